The molecule has 0 aliphatic rings. The van der Waals surface area contributed by atoms with Crippen molar-refractivity contribution in [1.82, 2.24) is 10.3 Å². The Bertz CT molecular complexity index is 571. The molecule has 3 nitrogen and oxygen atoms in total. The molecule has 0 aliphatic heterocycles. The highest BCUT2D eigenvalue weighted by molar-refractivity contribution is 6.31. The summed E-state index contributed by atoms with van der Waals surface area (Å²) in [6.07, 6.45) is 2.29. The summed E-state index contributed by atoms with van der Waals surface area (Å²) in [6, 6.07) is 7.80. The van der Waals surface area contributed by atoms with Gasteiger partial charge < -0.3 is 10.4 Å². The van der Waals surface area contributed by atoms with Crippen molar-refractivity contribution < 1.29 is 5.11 Å². The Labute approximate surface area is 125 Å². The van der Waals surface area contributed by atoms with E-state index in [4.69, 9.17) is 11.6 Å². The predicted molar refractivity (Wildman–Crippen MR) is 83.9 cm³/mol. The molecule has 1 unspecified atom stereocenters. The maximum absolute atomic E-state index is 9.77. The molecule has 0 saturated carbocycles. The quantitative estimate of drug-likeness (QED) is 0.802. The zero-order chi connectivity index (χ0) is 14.5. The fraction of sp³-hybridized carbons (Fsp3) is 0.438. The topological polar surface area (TPSA) is 45.1 Å². The number of fused-ring (bicyclic) bond motifs is 1. The third-order valence-electron chi connectivity index (χ3n) is 3.45. The molecule has 2 N–H and O–H groups in total. The van der Waals surface area contributed by atoms with Gasteiger partial charge in [-0.05, 0) is 42.6 Å². The molecular weight excluding hydrogens is 272 g/mol. The van der Waals surface area contributed by atoms with Crippen molar-refractivity contribution in [3.05, 3.63) is 41.0 Å². The van der Waals surface area contributed by atoms with Gasteiger partial charge in [0.25, 0.3) is 0 Å². The van der Waals surface area contributed by atoms with Crippen LogP contribution in [0.15, 0.2) is 30.5 Å². The van der Waals surface area contributed by atoms with Crippen LogP contribution < -0.4 is 5.32 Å². The Morgan fingerprint density at radius 1 is 1.35 bits per heavy atom. The van der Waals surface area contributed by atoms with Gasteiger partial charge in [0.05, 0.1) is 11.6 Å². The molecular formula is C16H21ClN2O. The van der Waals surface area contributed by atoms with Gasteiger partial charge in [-0.25, -0.2) is 0 Å². The van der Waals surface area contributed by atoms with E-state index in [0.717, 1.165) is 34.5 Å². The number of aliphatic hydroxyl groups is 1. The molecule has 0 spiro atoms. The third-order valence-corrected chi connectivity index (χ3v) is 3.67. The van der Waals surface area contributed by atoms with Crippen LogP contribution in [0.1, 0.15) is 25.8 Å². The molecule has 1 atom stereocenters. The van der Waals surface area contributed by atoms with Crippen LogP contribution in [0.4, 0.5) is 0 Å². The largest absolute Gasteiger partial charge is 0.393 e. The van der Waals surface area contributed by atoms with E-state index in [1.807, 2.05) is 38.1 Å². The summed E-state index contributed by atoms with van der Waals surface area (Å²) >= 11 is 6.13. The molecule has 1 aromatic carbocycles. The molecule has 4 heteroatoms. The van der Waals surface area contributed by atoms with Crippen molar-refractivity contribution in [2.45, 2.75) is 32.9 Å². The van der Waals surface area contributed by atoms with Crippen molar-refractivity contribution >= 4 is 22.5 Å². The zero-order valence-electron chi connectivity index (χ0n) is 11.9. The lowest BCUT2D eigenvalue weighted by molar-refractivity contribution is 0.116. The third kappa shape index (κ3) is 3.92. The van der Waals surface area contributed by atoms with E-state index < -0.39 is 0 Å². The van der Waals surface area contributed by atoms with E-state index in [-0.39, 0.29) is 6.10 Å². The van der Waals surface area contributed by atoms with Crippen LogP contribution in [0.5, 0.6) is 0 Å². The Morgan fingerprint density at radius 3 is 2.90 bits per heavy atom. The summed E-state index contributed by atoms with van der Waals surface area (Å²) in [4.78, 5) is 4.42. The van der Waals surface area contributed by atoms with Gasteiger partial charge in [-0.3, -0.25) is 4.98 Å². The number of aromatic nitrogens is 1. The Hall–Kier alpha value is -1.16. The molecule has 0 aliphatic carbocycles. The maximum atomic E-state index is 9.77. The van der Waals surface area contributed by atoms with Crippen LogP contribution in [-0.2, 0) is 6.54 Å². The highest BCUT2D eigenvalue weighted by atomic mass is 35.5. The fourth-order valence-corrected chi connectivity index (χ4v) is 2.42. The molecule has 0 fully saturated rings. The first-order chi connectivity index (χ1) is 9.58. The minimum Gasteiger partial charge on any atom is -0.393 e. The van der Waals surface area contributed by atoms with E-state index in [1.165, 1.54) is 0 Å². The number of benzene rings is 1. The number of nitrogens with zero attached hydrogens (tertiary/aromatic N) is 1. The maximum Gasteiger partial charge on any atom is 0.0747 e. The van der Waals surface area contributed by atoms with Crippen molar-refractivity contribution in [3.8, 4) is 0 Å². The Morgan fingerprint density at radius 2 is 2.15 bits per heavy atom. The summed E-state index contributed by atoms with van der Waals surface area (Å²) in [5.41, 5.74) is 2.07. The monoisotopic (exact) mass is 292 g/mol. The number of nitrogens with one attached hydrogen (secondary N) is 1. The standard InChI is InChI=1S/C16H21ClN2O/c1-11(2)15(20)5-7-18-10-13-9-14(17)8-12-4-3-6-19-16(12)13/h3-4,6,8-9,11,15,18,20H,5,7,10H2,1-2H3. The SMILES string of the molecule is CC(C)C(O)CCNCc1cc(Cl)cc2cccnc12. The van der Waals surface area contributed by atoms with Gasteiger partial charge in [-0.2, -0.15) is 0 Å². The van der Waals surface area contributed by atoms with Gasteiger partial charge in [-0.15, -0.1) is 0 Å². The highest BCUT2D eigenvalue weighted by Gasteiger charge is 2.09. The van der Waals surface area contributed by atoms with Crippen molar-refractivity contribution in [2.24, 2.45) is 5.92 Å². The van der Waals surface area contributed by atoms with Crippen LogP contribution >= 0.6 is 11.6 Å². The number of hydrogen-bond acceptors (Lipinski definition) is 3. The molecule has 108 valence electrons. The van der Waals surface area contributed by atoms with E-state index >= 15 is 0 Å². The van der Waals surface area contributed by atoms with Gasteiger partial charge in [-0.1, -0.05) is 31.5 Å². The van der Waals surface area contributed by atoms with Crippen molar-refractivity contribution in [3.63, 3.8) is 0 Å². The summed E-state index contributed by atoms with van der Waals surface area (Å²) < 4.78 is 0. The molecule has 2 rings (SSSR count). The summed E-state index contributed by atoms with van der Waals surface area (Å²) in [7, 11) is 0. The van der Waals surface area contributed by atoms with Gasteiger partial charge in [0, 0.05) is 23.2 Å². The van der Waals surface area contributed by atoms with E-state index in [9.17, 15) is 5.11 Å². The van der Waals surface area contributed by atoms with Crippen molar-refractivity contribution in [1.29, 1.82) is 0 Å². The van der Waals surface area contributed by atoms with E-state index in [0.29, 0.717) is 12.5 Å². The Kier molecular flexibility index (Phi) is 5.35. The predicted octanol–water partition coefficient (Wildman–Crippen LogP) is 3.38. The lowest BCUT2D eigenvalue weighted by Gasteiger charge is -2.14. The van der Waals surface area contributed by atoms with E-state index in [2.05, 4.69) is 10.3 Å². The molecule has 1 aromatic heterocycles. The number of pyridine rings is 1. The van der Waals surface area contributed by atoms with Crippen molar-refractivity contribution in [2.75, 3.05) is 6.54 Å². The second kappa shape index (κ2) is 7.02. The van der Waals surface area contributed by atoms with Crippen LogP contribution in [0.25, 0.3) is 10.9 Å². The summed E-state index contributed by atoms with van der Waals surface area (Å²) in [5.74, 6) is 0.297. The second-order valence-corrected chi connectivity index (χ2v) is 5.85. The van der Waals surface area contributed by atoms with Crippen LogP contribution in [0, 0.1) is 5.92 Å². The van der Waals surface area contributed by atoms with Crippen LogP contribution in [-0.4, -0.2) is 22.7 Å². The first-order valence-corrected chi connectivity index (χ1v) is 7.37. The number of aliphatic hydroxyl groups excluding tert-OH is 1. The molecule has 2 aromatic rings. The lowest BCUT2D eigenvalue weighted by atomic mass is 10.0. The average Bonchev–Trinajstić information content (AvgIpc) is 2.42. The molecule has 0 saturated heterocycles. The number of halogens is 1. The first kappa shape index (κ1) is 15.2. The summed E-state index contributed by atoms with van der Waals surface area (Å²) in [5, 5.41) is 14.9. The van der Waals surface area contributed by atoms with Gasteiger partial charge in [0.2, 0.25) is 0 Å². The summed E-state index contributed by atoms with van der Waals surface area (Å²) in [6.45, 7) is 5.54. The molecule has 20 heavy (non-hydrogen) atoms. The Balaban J connectivity index is 1.99. The van der Waals surface area contributed by atoms with Gasteiger partial charge in [0.15, 0.2) is 0 Å². The average molecular weight is 293 g/mol. The number of hydrogen-bond donors (Lipinski definition) is 2. The molecule has 0 amide bonds. The second-order valence-electron chi connectivity index (χ2n) is 5.42. The lowest BCUT2D eigenvalue weighted by Crippen LogP contribution is -2.23. The molecule has 1 heterocycles. The first-order valence-electron chi connectivity index (χ1n) is 7.00. The molecule has 0 radical (unpaired) electrons. The van der Waals surface area contributed by atoms with Gasteiger partial charge >= 0.3 is 0 Å². The normalized spacial score (nSPS) is 13.1. The molecule has 0 bridgehead atoms. The van der Waals surface area contributed by atoms with Crippen LogP contribution in [0.3, 0.4) is 0 Å². The number of rotatable bonds is 6. The van der Waals surface area contributed by atoms with Gasteiger partial charge in [0.1, 0.15) is 0 Å². The van der Waals surface area contributed by atoms with Crippen LogP contribution in [0.2, 0.25) is 5.02 Å². The minimum atomic E-state index is -0.253. The van der Waals surface area contributed by atoms with E-state index in [1.54, 1.807) is 6.20 Å². The highest BCUT2D eigenvalue weighted by Crippen LogP contribution is 2.22. The smallest absolute Gasteiger partial charge is 0.0747 e. The fourth-order valence-electron chi connectivity index (χ4n) is 2.17. The zero-order valence-corrected chi connectivity index (χ0v) is 12.7. The minimum absolute atomic E-state index is 0.253.